The minimum atomic E-state index is -0.524. The topological polar surface area (TPSA) is 55.0 Å². The smallest absolute Gasteiger partial charge is 0.374 e. The molecular formula is C19H15Cl3N2O2. The van der Waals surface area contributed by atoms with Crippen molar-refractivity contribution in [2.45, 2.75) is 13.3 Å². The van der Waals surface area contributed by atoms with Gasteiger partial charge in [0.1, 0.15) is 0 Å². The highest BCUT2D eigenvalue weighted by Crippen LogP contribution is 2.33. The molecular weight excluding hydrogens is 395 g/mol. The maximum atomic E-state index is 12.1. The van der Waals surface area contributed by atoms with Crippen molar-refractivity contribution in [2.75, 3.05) is 6.61 Å². The molecule has 0 atom stereocenters. The molecule has 26 heavy (non-hydrogen) atoms. The highest BCUT2D eigenvalue weighted by molar-refractivity contribution is 6.36. The van der Waals surface area contributed by atoms with E-state index in [0.29, 0.717) is 38.4 Å². The molecule has 0 aliphatic heterocycles. The van der Waals surface area contributed by atoms with Gasteiger partial charge in [-0.15, -0.1) is 0 Å². The number of halogens is 3. The minimum absolute atomic E-state index is 0.120. The van der Waals surface area contributed by atoms with Gasteiger partial charge in [0.05, 0.1) is 17.3 Å². The second kappa shape index (κ2) is 8.12. The fourth-order valence-electron chi connectivity index (χ4n) is 2.57. The molecule has 4 nitrogen and oxygen atoms in total. The van der Waals surface area contributed by atoms with Gasteiger partial charge in [-0.05, 0) is 36.8 Å². The number of aromatic nitrogens is 2. The predicted molar refractivity (Wildman–Crippen MR) is 104 cm³/mol. The Morgan fingerprint density at radius 3 is 2.58 bits per heavy atom. The third kappa shape index (κ3) is 4.04. The van der Waals surface area contributed by atoms with Gasteiger partial charge in [-0.25, -0.2) is 9.78 Å². The van der Waals surface area contributed by atoms with Crippen LogP contribution < -0.4 is 0 Å². The lowest BCUT2D eigenvalue weighted by molar-refractivity contribution is 0.0513. The summed E-state index contributed by atoms with van der Waals surface area (Å²) < 4.78 is 5.04. The van der Waals surface area contributed by atoms with E-state index in [0.717, 1.165) is 5.56 Å². The van der Waals surface area contributed by atoms with Crippen LogP contribution in [0.1, 0.15) is 28.8 Å². The summed E-state index contributed by atoms with van der Waals surface area (Å²) in [6, 6.07) is 12.6. The van der Waals surface area contributed by atoms with Crippen LogP contribution in [0.15, 0.2) is 42.5 Å². The lowest BCUT2D eigenvalue weighted by atomic mass is 10.0. The van der Waals surface area contributed by atoms with Gasteiger partial charge < -0.3 is 9.72 Å². The Balaban J connectivity index is 2.09. The summed E-state index contributed by atoms with van der Waals surface area (Å²) in [6.07, 6.45) is 0.459. The molecule has 0 fully saturated rings. The number of hydrogen-bond acceptors (Lipinski definition) is 3. The Kier molecular flexibility index (Phi) is 5.87. The minimum Gasteiger partial charge on any atom is -0.460 e. The van der Waals surface area contributed by atoms with Crippen molar-refractivity contribution in [1.82, 2.24) is 9.97 Å². The lowest BCUT2D eigenvalue weighted by Crippen LogP contribution is -2.06. The number of H-pyrrole nitrogens is 1. The molecule has 7 heteroatoms. The third-order valence-corrected chi connectivity index (χ3v) is 4.68. The van der Waals surface area contributed by atoms with Crippen molar-refractivity contribution >= 4 is 40.8 Å². The molecule has 1 heterocycles. The number of hydrogen-bond donors (Lipinski definition) is 1. The molecule has 0 radical (unpaired) electrons. The second-order valence-electron chi connectivity index (χ2n) is 5.53. The number of esters is 1. The highest BCUT2D eigenvalue weighted by Gasteiger charge is 2.20. The standard InChI is InChI=1S/C19H15Cl3N2O2/c1-2-26-19(25)18-23-16(9-11-5-3-4-6-14(11)21)17(24-18)13-8-7-12(20)10-15(13)22/h3-8,10H,2,9H2,1H3,(H,23,24). The van der Waals surface area contributed by atoms with Crippen molar-refractivity contribution in [3.8, 4) is 11.3 Å². The zero-order chi connectivity index (χ0) is 18.7. The molecule has 0 aliphatic rings. The highest BCUT2D eigenvalue weighted by atomic mass is 35.5. The van der Waals surface area contributed by atoms with E-state index < -0.39 is 5.97 Å². The Labute approximate surface area is 166 Å². The summed E-state index contributed by atoms with van der Waals surface area (Å²) in [5.74, 6) is -0.404. The van der Waals surface area contributed by atoms with E-state index >= 15 is 0 Å². The van der Waals surface area contributed by atoms with Crippen LogP contribution in [0, 0.1) is 0 Å². The monoisotopic (exact) mass is 408 g/mol. The van der Waals surface area contributed by atoms with Gasteiger partial charge >= 0.3 is 5.97 Å². The second-order valence-corrected chi connectivity index (χ2v) is 6.78. The largest absolute Gasteiger partial charge is 0.460 e. The zero-order valence-electron chi connectivity index (χ0n) is 13.9. The molecule has 1 N–H and O–H groups in total. The number of imidazole rings is 1. The summed E-state index contributed by atoms with van der Waals surface area (Å²) in [5, 5.41) is 1.60. The number of aromatic amines is 1. The molecule has 0 saturated heterocycles. The van der Waals surface area contributed by atoms with Gasteiger partial charge in [0.25, 0.3) is 0 Å². The van der Waals surface area contributed by atoms with E-state index in [1.165, 1.54) is 0 Å². The fraction of sp³-hybridized carbons (Fsp3) is 0.158. The molecule has 0 aliphatic carbocycles. The number of benzene rings is 2. The molecule has 0 spiro atoms. The molecule has 0 amide bonds. The first-order valence-electron chi connectivity index (χ1n) is 7.94. The number of nitrogens with one attached hydrogen (secondary N) is 1. The fourth-order valence-corrected chi connectivity index (χ4v) is 3.27. The first-order chi connectivity index (χ1) is 12.5. The molecule has 1 aromatic heterocycles. The molecule has 2 aromatic carbocycles. The van der Waals surface area contributed by atoms with Crippen LogP contribution in [0.4, 0.5) is 0 Å². The van der Waals surface area contributed by atoms with Crippen molar-refractivity contribution in [2.24, 2.45) is 0 Å². The van der Waals surface area contributed by atoms with Gasteiger partial charge in [-0.3, -0.25) is 0 Å². The average molecular weight is 410 g/mol. The van der Waals surface area contributed by atoms with Crippen LogP contribution in [0.3, 0.4) is 0 Å². The summed E-state index contributed by atoms with van der Waals surface area (Å²) in [6.45, 7) is 2.00. The van der Waals surface area contributed by atoms with E-state index in [2.05, 4.69) is 9.97 Å². The first kappa shape index (κ1) is 18.8. The predicted octanol–water partition coefficient (Wildman–Crippen LogP) is 5.80. The van der Waals surface area contributed by atoms with Crippen LogP contribution in [-0.2, 0) is 11.2 Å². The molecule has 0 saturated carbocycles. The first-order valence-corrected chi connectivity index (χ1v) is 9.07. The van der Waals surface area contributed by atoms with Crippen LogP contribution >= 0.6 is 34.8 Å². The number of carbonyl (C=O) groups is 1. The SMILES string of the molecule is CCOC(=O)c1nc(-c2ccc(Cl)cc2Cl)c(Cc2ccccc2Cl)[nH]1. The summed E-state index contributed by atoms with van der Waals surface area (Å²) in [7, 11) is 0. The Morgan fingerprint density at radius 2 is 1.88 bits per heavy atom. The van der Waals surface area contributed by atoms with Crippen molar-refractivity contribution in [3.05, 3.63) is 74.6 Å². The van der Waals surface area contributed by atoms with E-state index in [1.54, 1.807) is 25.1 Å². The zero-order valence-corrected chi connectivity index (χ0v) is 16.1. The van der Waals surface area contributed by atoms with Crippen molar-refractivity contribution in [1.29, 1.82) is 0 Å². The van der Waals surface area contributed by atoms with Gasteiger partial charge in [-0.2, -0.15) is 0 Å². The van der Waals surface area contributed by atoms with E-state index in [1.807, 2.05) is 24.3 Å². The number of carbonyl (C=O) groups excluding carboxylic acids is 1. The Bertz CT molecular complexity index is 954. The van der Waals surface area contributed by atoms with Crippen LogP contribution in [-0.4, -0.2) is 22.5 Å². The van der Waals surface area contributed by atoms with Crippen LogP contribution in [0.2, 0.25) is 15.1 Å². The van der Waals surface area contributed by atoms with E-state index in [9.17, 15) is 4.79 Å². The summed E-state index contributed by atoms with van der Waals surface area (Å²) in [4.78, 5) is 19.6. The number of ether oxygens (including phenoxy) is 1. The van der Waals surface area contributed by atoms with Gasteiger partial charge in [0.2, 0.25) is 5.82 Å². The van der Waals surface area contributed by atoms with Crippen molar-refractivity contribution in [3.63, 3.8) is 0 Å². The quantitative estimate of drug-likeness (QED) is 0.541. The Morgan fingerprint density at radius 1 is 1.12 bits per heavy atom. The van der Waals surface area contributed by atoms with Gasteiger partial charge in [-0.1, -0.05) is 53.0 Å². The lowest BCUT2D eigenvalue weighted by Gasteiger charge is -2.07. The van der Waals surface area contributed by atoms with Crippen LogP contribution in [0.25, 0.3) is 11.3 Å². The average Bonchev–Trinajstić information content (AvgIpc) is 3.01. The van der Waals surface area contributed by atoms with E-state index in [-0.39, 0.29) is 12.4 Å². The molecule has 0 bridgehead atoms. The van der Waals surface area contributed by atoms with Crippen LogP contribution in [0.5, 0.6) is 0 Å². The normalized spacial score (nSPS) is 10.8. The summed E-state index contributed by atoms with van der Waals surface area (Å²) >= 11 is 18.6. The number of rotatable bonds is 5. The molecule has 134 valence electrons. The molecule has 3 rings (SSSR count). The van der Waals surface area contributed by atoms with Crippen molar-refractivity contribution < 1.29 is 9.53 Å². The maximum Gasteiger partial charge on any atom is 0.374 e. The van der Waals surface area contributed by atoms with E-state index in [4.69, 9.17) is 39.5 Å². The number of nitrogens with zero attached hydrogens (tertiary/aromatic N) is 1. The molecule has 0 unspecified atom stereocenters. The Hall–Kier alpha value is -2.01. The third-order valence-electron chi connectivity index (χ3n) is 3.76. The van der Waals surface area contributed by atoms with Gasteiger partial charge in [0, 0.05) is 27.7 Å². The maximum absolute atomic E-state index is 12.1. The summed E-state index contributed by atoms with van der Waals surface area (Å²) in [5.41, 5.74) is 2.85. The molecule has 3 aromatic rings. The van der Waals surface area contributed by atoms with Gasteiger partial charge in [0.15, 0.2) is 0 Å².